The maximum atomic E-state index is 6.24. The van der Waals surface area contributed by atoms with Gasteiger partial charge in [0.05, 0.1) is 0 Å². The summed E-state index contributed by atoms with van der Waals surface area (Å²) in [4.78, 5) is 0. The first-order valence-corrected chi connectivity index (χ1v) is 6.99. The Morgan fingerprint density at radius 2 is 2.00 bits per heavy atom. The number of benzene rings is 2. The van der Waals surface area contributed by atoms with Crippen molar-refractivity contribution in [3.63, 3.8) is 0 Å². The van der Waals surface area contributed by atoms with E-state index in [1.165, 1.54) is 11.1 Å². The molecule has 0 saturated carbocycles. The minimum Gasteiger partial charge on any atom is -0.324 e. The maximum absolute atomic E-state index is 6.24. The topological polar surface area (TPSA) is 26.0 Å². The van der Waals surface area contributed by atoms with Crippen LogP contribution in [0.2, 0.25) is 5.02 Å². The summed E-state index contributed by atoms with van der Waals surface area (Å²) in [6, 6.07) is 14.2. The first-order chi connectivity index (χ1) is 8.54. The van der Waals surface area contributed by atoms with Crippen molar-refractivity contribution in [3.8, 4) is 0 Å². The van der Waals surface area contributed by atoms with Gasteiger partial charge in [-0.1, -0.05) is 57.4 Å². The first-order valence-electron chi connectivity index (χ1n) is 5.82. The molecular formula is C15H15BrClN. The normalized spacial score (nSPS) is 12.4. The van der Waals surface area contributed by atoms with Gasteiger partial charge in [-0.3, -0.25) is 0 Å². The van der Waals surface area contributed by atoms with Crippen LogP contribution in [0.5, 0.6) is 0 Å². The maximum Gasteiger partial charge on any atom is 0.0420 e. The lowest BCUT2D eigenvalue weighted by Crippen LogP contribution is -2.13. The largest absolute Gasteiger partial charge is 0.324 e. The van der Waals surface area contributed by atoms with Crippen molar-refractivity contribution in [3.05, 3.63) is 68.7 Å². The van der Waals surface area contributed by atoms with Crippen molar-refractivity contribution in [2.45, 2.75) is 19.4 Å². The number of nitrogens with two attached hydrogens (primary N) is 1. The predicted molar refractivity (Wildman–Crippen MR) is 81.0 cm³/mol. The third kappa shape index (κ3) is 3.58. The van der Waals surface area contributed by atoms with Gasteiger partial charge < -0.3 is 5.73 Å². The predicted octanol–water partition coefficient (Wildman–Crippen LogP) is 4.65. The Bertz CT molecular complexity index is 534. The average molecular weight is 325 g/mol. The molecule has 0 heterocycles. The Labute approximate surface area is 121 Å². The summed E-state index contributed by atoms with van der Waals surface area (Å²) in [5.74, 6) is 0. The highest BCUT2D eigenvalue weighted by atomic mass is 79.9. The van der Waals surface area contributed by atoms with Crippen LogP contribution >= 0.6 is 27.5 Å². The van der Waals surface area contributed by atoms with Crippen LogP contribution < -0.4 is 5.73 Å². The molecule has 0 aliphatic rings. The molecule has 94 valence electrons. The van der Waals surface area contributed by atoms with Gasteiger partial charge in [0.1, 0.15) is 0 Å². The van der Waals surface area contributed by atoms with Crippen LogP contribution in [0.25, 0.3) is 0 Å². The SMILES string of the molecule is Cc1cccc(CC(N)c2cc(Cl)cc(Br)c2)c1. The highest BCUT2D eigenvalue weighted by Crippen LogP contribution is 2.24. The van der Waals surface area contributed by atoms with Gasteiger partial charge in [0, 0.05) is 15.5 Å². The minimum absolute atomic E-state index is 0.0400. The fourth-order valence-electron chi connectivity index (χ4n) is 2.00. The quantitative estimate of drug-likeness (QED) is 0.873. The molecule has 18 heavy (non-hydrogen) atoms. The number of aryl methyl sites for hydroxylation is 1. The summed E-state index contributed by atoms with van der Waals surface area (Å²) in [6.45, 7) is 2.09. The second kappa shape index (κ2) is 5.87. The zero-order valence-electron chi connectivity index (χ0n) is 10.2. The summed E-state index contributed by atoms with van der Waals surface area (Å²) >= 11 is 9.48. The lowest BCUT2D eigenvalue weighted by molar-refractivity contribution is 0.721. The van der Waals surface area contributed by atoms with Gasteiger partial charge in [0.2, 0.25) is 0 Å². The van der Waals surface area contributed by atoms with E-state index in [0.717, 1.165) is 16.5 Å². The van der Waals surface area contributed by atoms with Crippen molar-refractivity contribution in [1.29, 1.82) is 0 Å². The van der Waals surface area contributed by atoms with Crippen LogP contribution in [-0.4, -0.2) is 0 Å². The van der Waals surface area contributed by atoms with Crippen LogP contribution in [0.4, 0.5) is 0 Å². The molecule has 1 unspecified atom stereocenters. The van der Waals surface area contributed by atoms with Gasteiger partial charge in [0.25, 0.3) is 0 Å². The van der Waals surface area contributed by atoms with Gasteiger partial charge in [-0.25, -0.2) is 0 Å². The Hall–Kier alpha value is -0.830. The van der Waals surface area contributed by atoms with E-state index in [4.69, 9.17) is 17.3 Å². The molecule has 0 radical (unpaired) electrons. The van der Waals surface area contributed by atoms with Crippen molar-refractivity contribution in [2.75, 3.05) is 0 Å². The monoisotopic (exact) mass is 323 g/mol. The molecule has 2 rings (SSSR count). The zero-order valence-corrected chi connectivity index (χ0v) is 12.5. The van der Waals surface area contributed by atoms with E-state index in [9.17, 15) is 0 Å². The van der Waals surface area contributed by atoms with E-state index in [2.05, 4.69) is 47.1 Å². The highest BCUT2D eigenvalue weighted by molar-refractivity contribution is 9.10. The molecule has 1 atom stereocenters. The minimum atomic E-state index is -0.0400. The fourth-order valence-corrected chi connectivity index (χ4v) is 2.89. The molecule has 0 aliphatic heterocycles. The van der Waals surface area contributed by atoms with Crippen LogP contribution in [0.15, 0.2) is 46.9 Å². The number of hydrogen-bond acceptors (Lipinski definition) is 1. The van der Waals surface area contributed by atoms with Gasteiger partial charge in [-0.15, -0.1) is 0 Å². The van der Waals surface area contributed by atoms with E-state index in [0.29, 0.717) is 5.02 Å². The van der Waals surface area contributed by atoms with Gasteiger partial charge in [-0.05, 0) is 42.7 Å². The third-order valence-electron chi connectivity index (χ3n) is 2.85. The summed E-state index contributed by atoms with van der Waals surface area (Å²) < 4.78 is 0.963. The first kappa shape index (κ1) is 13.6. The number of hydrogen-bond donors (Lipinski definition) is 1. The lowest BCUT2D eigenvalue weighted by Gasteiger charge is -2.13. The Morgan fingerprint density at radius 1 is 1.22 bits per heavy atom. The molecule has 0 fully saturated rings. The molecule has 0 amide bonds. The van der Waals surface area contributed by atoms with Crippen molar-refractivity contribution in [2.24, 2.45) is 5.73 Å². The molecular weight excluding hydrogens is 310 g/mol. The smallest absolute Gasteiger partial charge is 0.0420 e. The Kier molecular flexibility index (Phi) is 4.44. The molecule has 0 saturated heterocycles. The molecule has 0 aliphatic carbocycles. The third-order valence-corrected chi connectivity index (χ3v) is 3.53. The molecule has 0 aromatic heterocycles. The van der Waals surface area contributed by atoms with Crippen LogP contribution in [0.1, 0.15) is 22.7 Å². The van der Waals surface area contributed by atoms with E-state index in [1.54, 1.807) is 0 Å². The second-order valence-electron chi connectivity index (χ2n) is 4.50. The van der Waals surface area contributed by atoms with Gasteiger partial charge >= 0.3 is 0 Å². The lowest BCUT2D eigenvalue weighted by atomic mass is 9.99. The molecule has 3 heteroatoms. The highest BCUT2D eigenvalue weighted by Gasteiger charge is 2.09. The van der Waals surface area contributed by atoms with Crippen LogP contribution in [0, 0.1) is 6.92 Å². The standard InChI is InChI=1S/C15H15BrClN/c1-10-3-2-4-11(5-10)6-15(18)12-7-13(16)9-14(17)8-12/h2-5,7-9,15H,6,18H2,1H3. The van der Waals surface area contributed by atoms with Crippen LogP contribution in [0.3, 0.4) is 0 Å². The molecule has 2 aromatic rings. The van der Waals surface area contributed by atoms with Crippen molar-refractivity contribution in [1.82, 2.24) is 0 Å². The van der Waals surface area contributed by atoms with Crippen molar-refractivity contribution >= 4 is 27.5 Å². The van der Waals surface area contributed by atoms with E-state index < -0.39 is 0 Å². The number of rotatable bonds is 3. The molecule has 0 bridgehead atoms. The Balaban J connectivity index is 2.19. The fraction of sp³-hybridized carbons (Fsp3) is 0.200. The van der Waals surface area contributed by atoms with E-state index in [-0.39, 0.29) is 6.04 Å². The molecule has 0 spiro atoms. The zero-order chi connectivity index (χ0) is 13.1. The second-order valence-corrected chi connectivity index (χ2v) is 5.85. The molecule has 2 N–H and O–H groups in total. The van der Waals surface area contributed by atoms with E-state index >= 15 is 0 Å². The summed E-state index contributed by atoms with van der Waals surface area (Å²) in [5.41, 5.74) is 9.79. The number of halogens is 2. The van der Waals surface area contributed by atoms with Gasteiger partial charge in [-0.2, -0.15) is 0 Å². The van der Waals surface area contributed by atoms with Gasteiger partial charge in [0.15, 0.2) is 0 Å². The Morgan fingerprint density at radius 3 is 2.67 bits per heavy atom. The van der Waals surface area contributed by atoms with E-state index in [1.807, 2.05) is 18.2 Å². The molecule has 1 nitrogen and oxygen atoms in total. The molecule has 2 aromatic carbocycles. The summed E-state index contributed by atoms with van der Waals surface area (Å²) in [6.07, 6.45) is 0.814. The van der Waals surface area contributed by atoms with Crippen LogP contribution in [-0.2, 0) is 6.42 Å². The summed E-state index contributed by atoms with van der Waals surface area (Å²) in [5, 5.41) is 0.707. The average Bonchev–Trinajstić information content (AvgIpc) is 2.27. The van der Waals surface area contributed by atoms with Crippen molar-refractivity contribution < 1.29 is 0 Å². The summed E-state index contributed by atoms with van der Waals surface area (Å²) in [7, 11) is 0.